The molecule has 1 saturated heterocycles. The number of nitrogens with zero attached hydrogens (tertiary/aromatic N) is 1. The molecule has 112 valence electrons. The van der Waals surface area contributed by atoms with Crippen molar-refractivity contribution in [3.05, 3.63) is 0 Å². The van der Waals surface area contributed by atoms with Gasteiger partial charge in [-0.1, -0.05) is 20.8 Å². The van der Waals surface area contributed by atoms with Crippen molar-refractivity contribution in [1.82, 2.24) is 4.90 Å². The van der Waals surface area contributed by atoms with Crippen LogP contribution in [-0.4, -0.2) is 35.5 Å². The zero-order valence-corrected chi connectivity index (χ0v) is 13.2. The van der Waals surface area contributed by atoms with E-state index in [1.807, 2.05) is 0 Å². The molecule has 0 aromatic heterocycles. The summed E-state index contributed by atoms with van der Waals surface area (Å²) in [6, 6.07) is 0.309. The number of likely N-dealkylation sites (tertiary alicyclic amines) is 1. The van der Waals surface area contributed by atoms with Gasteiger partial charge in [-0.15, -0.1) is 0 Å². The number of hydrogen-bond acceptors (Lipinski definition) is 3. The second kappa shape index (κ2) is 5.80. The minimum Gasteiger partial charge on any atom is -0.368 e. The molecule has 1 rings (SSSR count). The predicted molar refractivity (Wildman–Crippen MR) is 79.6 cm³/mol. The first-order chi connectivity index (χ1) is 8.54. The molecule has 4 N–H and O–H groups in total. The van der Waals surface area contributed by atoms with E-state index in [0.717, 1.165) is 19.0 Å². The highest BCUT2D eigenvalue weighted by Crippen LogP contribution is 2.35. The summed E-state index contributed by atoms with van der Waals surface area (Å²) in [5, 5.41) is 0. The molecule has 1 fully saturated rings. The lowest BCUT2D eigenvalue weighted by Crippen LogP contribution is -2.54. The van der Waals surface area contributed by atoms with Gasteiger partial charge < -0.3 is 16.4 Å². The SMILES string of the molecule is CC(CC(C)(N)C(N)=O)N1CCC(C(C)(C)C)CC1. The molecule has 4 heteroatoms. The molecule has 1 aliphatic rings. The van der Waals surface area contributed by atoms with Crippen molar-refractivity contribution in [2.24, 2.45) is 22.8 Å². The van der Waals surface area contributed by atoms with Crippen LogP contribution in [0.15, 0.2) is 0 Å². The van der Waals surface area contributed by atoms with Crippen LogP contribution in [-0.2, 0) is 4.79 Å². The van der Waals surface area contributed by atoms with Gasteiger partial charge in [0.25, 0.3) is 0 Å². The molecule has 4 nitrogen and oxygen atoms in total. The number of amides is 1. The normalized spacial score (nSPS) is 23.9. The molecule has 0 bridgehead atoms. The minimum absolute atomic E-state index is 0.309. The fourth-order valence-electron chi connectivity index (χ4n) is 3.05. The molecule has 1 amide bonds. The van der Waals surface area contributed by atoms with Gasteiger partial charge in [-0.3, -0.25) is 4.79 Å². The molecule has 19 heavy (non-hydrogen) atoms. The van der Waals surface area contributed by atoms with Gasteiger partial charge in [0.1, 0.15) is 0 Å². The van der Waals surface area contributed by atoms with Crippen molar-refractivity contribution < 1.29 is 4.79 Å². The summed E-state index contributed by atoms with van der Waals surface area (Å²) in [5.41, 5.74) is 10.8. The minimum atomic E-state index is -0.902. The van der Waals surface area contributed by atoms with Crippen LogP contribution in [0.4, 0.5) is 0 Å². The van der Waals surface area contributed by atoms with Crippen LogP contribution in [0.2, 0.25) is 0 Å². The lowest BCUT2D eigenvalue weighted by atomic mass is 9.75. The highest BCUT2D eigenvalue weighted by Gasteiger charge is 2.34. The van der Waals surface area contributed by atoms with Crippen molar-refractivity contribution in [2.75, 3.05) is 13.1 Å². The lowest BCUT2D eigenvalue weighted by molar-refractivity contribution is -0.123. The number of nitrogens with two attached hydrogens (primary N) is 2. The Bertz CT molecular complexity index is 312. The predicted octanol–water partition coefficient (Wildman–Crippen LogP) is 1.73. The number of carbonyl (C=O) groups excluding carboxylic acids is 1. The number of rotatable bonds is 4. The van der Waals surface area contributed by atoms with E-state index in [1.165, 1.54) is 12.8 Å². The van der Waals surface area contributed by atoms with Gasteiger partial charge in [0.2, 0.25) is 5.91 Å². The summed E-state index contributed by atoms with van der Waals surface area (Å²) < 4.78 is 0. The van der Waals surface area contributed by atoms with E-state index in [9.17, 15) is 4.79 Å². The maximum atomic E-state index is 11.3. The highest BCUT2D eigenvalue weighted by molar-refractivity contribution is 5.83. The first-order valence-corrected chi connectivity index (χ1v) is 7.37. The van der Waals surface area contributed by atoms with Gasteiger partial charge in [-0.25, -0.2) is 0 Å². The van der Waals surface area contributed by atoms with Crippen LogP contribution >= 0.6 is 0 Å². The molecular formula is C15H31N3O. The summed E-state index contributed by atoms with van der Waals surface area (Å²) in [4.78, 5) is 13.7. The van der Waals surface area contributed by atoms with Crippen LogP contribution in [0, 0.1) is 11.3 Å². The largest absolute Gasteiger partial charge is 0.368 e. The summed E-state index contributed by atoms with van der Waals surface area (Å²) in [5.74, 6) is 0.375. The molecular weight excluding hydrogens is 238 g/mol. The Morgan fingerprint density at radius 1 is 1.26 bits per heavy atom. The van der Waals surface area contributed by atoms with Crippen LogP contribution in [0.25, 0.3) is 0 Å². The Kier molecular flexibility index (Phi) is 5.02. The third kappa shape index (κ3) is 4.46. The molecule has 0 radical (unpaired) electrons. The molecule has 0 aliphatic carbocycles. The molecule has 0 aromatic carbocycles. The summed E-state index contributed by atoms with van der Waals surface area (Å²) >= 11 is 0. The van der Waals surface area contributed by atoms with E-state index in [1.54, 1.807) is 6.92 Å². The second-order valence-electron chi connectivity index (χ2n) is 7.51. The standard InChI is InChI=1S/C15H31N3O/c1-11(10-15(5,17)13(16)19)18-8-6-12(7-9-18)14(2,3)4/h11-12H,6-10,17H2,1-5H3,(H2,16,19). The quantitative estimate of drug-likeness (QED) is 0.816. The van der Waals surface area contributed by atoms with E-state index in [0.29, 0.717) is 17.9 Å². The Morgan fingerprint density at radius 2 is 1.74 bits per heavy atom. The monoisotopic (exact) mass is 269 g/mol. The third-order valence-electron chi connectivity index (χ3n) is 4.66. The van der Waals surface area contributed by atoms with Gasteiger partial charge in [-0.05, 0) is 57.5 Å². The van der Waals surface area contributed by atoms with Gasteiger partial charge in [0, 0.05) is 6.04 Å². The fraction of sp³-hybridized carbons (Fsp3) is 0.933. The van der Waals surface area contributed by atoms with Gasteiger partial charge in [0.05, 0.1) is 5.54 Å². The average molecular weight is 269 g/mol. The zero-order valence-electron chi connectivity index (χ0n) is 13.2. The number of hydrogen-bond donors (Lipinski definition) is 2. The Hall–Kier alpha value is -0.610. The maximum absolute atomic E-state index is 11.3. The van der Waals surface area contributed by atoms with Crippen LogP contribution in [0.5, 0.6) is 0 Å². The van der Waals surface area contributed by atoms with Gasteiger partial charge >= 0.3 is 0 Å². The summed E-state index contributed by atoms with van der Waals surface area (Å²) in [7, 11) is 0. The second-order valence-corrected chi connectivity index (χ2v) is 7.51. The van der Waals surface area contributed by atoms with E-state index < -0.39 is 11.4 Å². The molecule has 2 atom stereocenters. The van der Waals surface area contributed by atoms with Gasteiger partial charge in [0.15, 0.2) is 0 Å². The van der Waals surface area contributed by atoms with Crippen molar-refractivity contribution in [3.63, 3.8) is 0 Å². The zero-order chi connectivity index (χ0) is 14.8. The number of piperidine rings is 1. The van der Waals surface area contributed by atoms with Crippen molar-refractivity contribution in [3.8, 4) is 0 Å². The van der Waals surface area contributed by atoms with Crippen LogP contribution in [0.1, 0.15) is 53.9 Å². The Balaban J connectivity index is 2.50. The van der Waals surface area contributed by atoms with E-state index >= 15 is 0 Å². The highest BCUT2D eigenvalue weighted by atomic mass is 16.1. The molecule has 0 saturated carbocycles. The topological polar surface area (TPSA) is 72.3 Å². The summed E-state index contributed by atoms with van der Waals surface area (Å²) in [6.07, 6.45) is 3.08. The molecule has 2 unspecified atom stereocenters. The molecule has 0 aromatic rings. The number of primary amides is 1. The van der Waals surface area contributed by atoms with Crippen molar-refractivity contribution in [2.45, 2.75) is 65.5 Å². The maximum Gasteiger partial charge on any atom is 0.237 e. The van der Waals surface area contributed by atoms with Crippen molar-refractivity contribution in [1.29, 1.82) is 0 Å². The van der Waals surface area contributed by atoms with Crippen LogP contribution < -0.4 is 11.5 Å². The lowest BCUT2D eigenvalue weighted by Gasteiger charge is -2.42. The summed E-state index contributed by atoms with van der Waals surface area (Å²) in [6.45, 7) is 13.0. The molecule has 1 aliphatic heterocycles. The van der Waals surface area contributed by atoms with E-state index in [2.05, 4.69) is 32.6 Å². The van der Waals surface area contributed by atoms with E-state index in [-0.39, 0.29) is 0 Å². The number of carbonyl (C=O) groups is 1. The third-order valence-corrected chi connectivity index (χ3v) is 4.66. The van der Waals surface area contributed by atoms with Gasteiger partial charge in [-0.2, -0.15) is 0 Å². The first-order valence-electron chi connectivity index (χ1n) is 7.37. The van der Waals surface area contributed by atoms with Crippen LogP contribution in [0.3, 0.4) is 0 Å². The fourth-order valence-corrected chi connectivity index (χ4v) is 3.05. The van der Waals surface area contributed by atoms with E-state index in [4.69, 9.17) is 11.5 Å². The Labute approximate surface area is 117 Å². The smallest absolute Gasteiger partial charge is 0.237 e. The molecule has 0 spiro atoms. The average Bonchev–Trinajstić information content (AvgIpc) is 2.27. The Morgan fingerprint density at radius 3 is 2.11 bits per heavy atom. The van der Waals surface area contributed by atoms with Crippen molar-refractivity contribution >= 4 is 5.91 Å². The molecule has 1 heterocycles. The first kappa shape index (κ1) is 16.4.